The molecular weight excluding hydrogens is 509 g/mol. The smallest absolute Gasteiger partial charge is 0.226 e. The van der Waals surface area contributed by atoms with Crippen molar-refractivity contribution in [3.63, 3.8) is 0 Å². The van der Waals surface area contributed by atoms with Gasteiger partial charge in [0.1, 0.15) is 11.9 Å². The molecule has 0 spiro atoms. The van der Waals surface area contributed by atoms with Crippen molar-refractivity contribution in [1.82, 2.24) is 14.9 Å². The highest BCUT2D eigenvalue weighted by atomic mass is 35.5. The maximum Gasteiger partial charge on any atom is 0.226 e. The lowest BCUT2D eigenvalue weighted by molar-refractivity contribution is -0.118. The van der Waals surface area contributed by atoms with E-state index in [0.29, 0.717) is 21.5 Å². The number of amides is 1. The van der Waals surface area contributed by atoms with Crippen molar-refractivity contribution in [3.8, 4) is 5.69 Å². The minimum atomic E-state index is -0.326. The molecule has 6 nitrogen and oxygen atoms in total. The second-order valence-corrected chi connectivity index (χ2v) is 9.88. The van der Waals surface area contributed by atoms with E-state index in [9.17, 15) is 9.18 Å². The normalized spacial score (nSPS) is 17.2. The monoisotopic (exact) mass is 533 g/mol. The molecule has 188 valence electrons. The van der Waals surface area contributed by atoms with E-state index >= 15 is 0 Å². The predicted octanol–water partition coefficient (Wildman–Crippen LogP) is 6.44. The molecule has 1 aliphatic heterocycles. The Labute approximate surface area is 225 Å². The van der Waals surface area contributed by atoms with Crippen LogP contribution in [0.25, 0.3) is 5.69 Å². The van der Waals surface area contributed by atoms with Crippen LogP contribution < -0.4 is 15.5 Å². The SMILES string of the molecule is CC(C)C(=O)Nc1ccc(N2C(=S)NC(c3ccccn3)C2c2cccn2-c2cccc(F)c2)cc1Cl. The van der Waals surface area contributed by atoms with Gasteiger partial charge in [0.25, 0.3) is 0 Å². The molecule has 0 radical (unpaired) electrons. The Hall–Kier alpha value is -3.75. The van der Waals surface area contributed by atoms with E-state index in [0.717, 1.165) is 17.1 Å². The number of carbonyl (C=O) groups excluding carboxylic acids is 1. The molecular formula is C28H25ClFN5OS. The second kappa shape index (κ2) is 10.3. The van der Waals surface area contributed by atoms with Crippen LogP contribution in [-0.4, -0.2) is 20.6 Å². The molecule has 2 aromatic heterocycles. The summed E-state index contributed by atoms with van der Waals surface area (Å²) >= 11 is 12.4. The molecule has 4 aromatic rings. The van der Waals surface area contributed by atoms with Gasteiger partial charge in [0.2, 0.25) is 5.91 Å². The van der Waals surface area contributed by atoms with Crippen LogP contribution in [0.3, 0.4) is 0 Å². The quantitative estimate of drug-likeness (QED) is 0.279. The van der Waals surface area contributed by atoms with E-state index in [1.807, 2.05) is 72.0 Å². The van der Waals surface area contributed by atoms with E-state index in [2.05, 4.69) is 15.6 Å². The van der Waals surface area contributed by atoms with Crippen molar-refractivity contribution in [3.05, 3.63) is 107 Å². The van der Waals surface area contributed by atoms with E-state index in [4.69, 9.17) is 23.8 Å². The number of aromatic nitrogens is 2. The van der Waals surface area contributed by atoms with Crippen molar-refractivity contribution in [1.29, 1.82) is 0 Å². The molecule has 1 aliphatic rings. The molecule has 3 heterocycles. The number of rotatable bonds is 6. The van der Waals surface area contributed by atoms with Crippen LogP contribution in [-0.2, 0) is 4.79 Å². The van der Waals surface area contributed by atoms with Gasteiger partial charge in [0, 0.05) is 35.4 Å². The Kier molecular flexibility index (Phi) is 6.95. The number of nitrogens with zero attached hydrogens (tertiary/aromatic N) is 3. The van der Waals surface area contributed by atoms with Gasteiger partial charge in [0.05, 0.1) is 22.4 Å². The first-order chi connectivity index (χ1) is 17.8. The zero-order chi connectivity index (χ0) is 26.1. The first-order valence-corrected chi connectivity index (χ1v) is 12.7. The first-order valence-electron chi connectivity index (χ1n) is 11.9. The first kappa shape index (κ1) is 24.9. The third-order valence-corrected chi connectivity index (χ3v) is 6.91. The van der Waals surface area contributed by atoms with E-state index in [-0.39, 0.29) is 29.7 Å². The van der Waals surface area contributed by atoms with Gasteiger partial charge in [0.15, 0.2) is 5.11 Å². The van der Waals surface area contributed by atoms with Crippen LogP contribution in [0.15, 0.2) is 85.2 Å². The molecule has 2 atom stereocenters. The Morgan fingerprint density at radius 1 is 1.08 bits per heavy atom. The maximum atomic E-state index is 14.1. The van der Waals surface area contributed by atoms with Crippen molar-refractivity contribution in [2.24, 2.45) is 5.92 Å². The number of nitrogens with one attached hydrogen (secondary N) is 2. The van der Waals surface area contributed by atoms with Gasteiger partial charge in [-0.2, -0.15) is 0 Å². The van der Waals surface area contributed by atoms with Crippen molar-refractivity contribution >= 4 is 46.2 Å². The highest BCUT2D eigenvalue weighted by Gasteiger charge is 2.42. The summed E-state index contributed by atoms with van der Waals surface area (Å²) in [5.41, 5.74) is 3.68. The molecule has 2 unspecified atom stereocenters. The Morgan fingerprint density at radius 3 is 2.62 bits per heavy atom. The van der Waals surface area contributed by atoms with Gasteiger partial charge < -0.3 is 20.1 Å². The molecule has 0 aliphatic carbocycles. The van der Waals surface area contributed by atoms with Gasteiger partial charge in [-0.3, -0.25) is 9.78 Å². The molecule has 0 bridgehead atoms. The molecule has 0 saturated carbocycles. The standard InChI is InChI=1S/C28H25ClFN5OS/c1-17(2)27(36)32-22-12-11-20(16-21(22)29)35-26(25(33-28(35)37)23-9-3-4-13-31-23)24-10-6-14-34(24)19-8-5-7-18(30)15-19/h3-17,25-26H,1-2H3,(H,32,36)(H,33,37). The topological polar surface area (TPSA) is 62.2 Å². The van der Waals surface area contributed by atoms with E-state index < -0.39 is 0 Å². The molecule has 2 aromatic carbocycles. The molecule has 2 N–H and O–H groups in total. The minimum absolute atomic E-state index is 0.117. The number of anilines is 2. The number of benzene rings is 2. The van der Waals surface area contributed by atoms with E-state index in [1.165, 1.54) is 12.1 Å². The molecule has 1 saturated heterocycles. The Morgan fingerprint density at radius 2 is 1.92 bits per heavy atom. The van der Waals surface area contributed by atoms with Gasteiger partial charge in [-0.1, -0.05) is 37.6 Å². The lowest BCUT2D eigenvalue weighted by Gasteiger charge is -2.29. The van der Waals surface area contributed by atoms with Crippen LogP contribution in [0.1, 0.15) is 37.3 Å². The van der Waals surface area contributed by atoms with Crippen molar-refractivity contribution in [2.45, 2.75) is 25.9 Å². The molecule has 37 heavy (non-hydrogen) atoms. The Balaban J connectivity index is 1.60. The summed E-state index contributed by atoms with van der Waals surface area (Å²) in [4.78, 5) is 18.8. The van der Waals surface area contributed by atoms with Crippen LogP contribution in [0.5, 0.6) is 0 Å². The fraction of sp³-hybridized carbons (Fsp3) is 0.179. The van der Waals surface area contributed by atoms with Crippen molar-refractivity contribution < 1.29 is 9.18 Å². The van der Waals surface area contributed by atoms with Crippen LogP contribution in [0, 0.1) is 11.7 Å². The molecule has 9 heteroatoms. The van der Waals surface area contributed by atoms with Gasteiger partial charge >= 0.3 is 0 Å². The van der Waals surface area contributed by atoms with Gasteiger partial charge in [-0.15, -0.1) is 0 Å². The maximum absolute atomic E-state index is 14.1. The summed E-state index contributed by atoms with van der Waals surface area (Å²) in [5, 5.41) is 7.18. The molecule has 1 amide bonds. The van der Waals surface area contributed by atoms with E-state index in [1.54, 1.807) is 24.4 Å². The highest BCUT2D eigenvalue weighted by Crippen LogP contribution is 2.43. The zero-order valence-corrected chi connectivity index (χ0v) is 21.8. The average Bonchev–Trinajstić information content (AvgIpc) is 3.50. The number of halogens is 2. The predicted molar refractivity (Wildman–Crippen MR) is 149 cm³/mol. The van der Waals surface area contributed by atoms with Crippen LogP contribution in [0.4, 0.5) is 15.8 Å². The number of hydrogen-bond donors (Lipinski definition) is 2. The molecule has 5 rings (SSSR count). The summed E-state index contributed by atoms with van der Waals surface area (Å²) in [6.45, 7) is 3.64. The third-order valence-electron chi connectivity index (χ3n) is 6.28. The zero-order valence-electron chi connectivity index (χ0n) is 20.2. The minimum Gasteiger partial charge on any atom is -0.351 e. The van der Waals surface area contributed by atoms with Gasteiger partial charge in [-0.05, 0) is 72.9 Å². The highest BCUT2D eigenvalue weighted by molar-refractivity contribution is 7.80. The fourth-order valence-corrected chi connectivity index (χ4v) is 5.03. The number of hydrogen-bond acceptors (Lipinski definition) is 3. The third kappa shape index (κ3) is 4.95. The summed E-state index contributed by atoms with van der Waals surface area (Å²) in [5.74, 6) is -0.611. The average molecular weight is 534 g/mol. The number of carbonyl (C=O) groups is 1. The second-order valence-electron chi connectivity index (χ2n) is 9.09. The summed E-state index contributed by atoms with van der Waals surface area (Å²) in [6.07, 6.45) is 3.64. The largest absolute Gasteiger partial charge is 0.351 e. The summed E-state index contributed by atoms with van der Waals surface area (Å²) in [7, 11) is 0. The lowest BCUT2D eigenvalue weighted by Crippen LogP contribution is -2.30. The number of thiocarbonyl (C=S) groups is 1. The van der Waals surface area contributed by atoms with Gasteiger partial charge in [-0.25, -0.2) is 4.39 Å². The Bertz CT molecular complexity index is 1460. The lowest BCUT2D eigenvalue weighted by atomic mass is 10.0. The van der Waals surface area contributed by atoms with Crippen LogP contribution >= 0.6 is 23.8 Å². The summed E-state index contributed by atoms with van der Waals surface area (Å²) in [6, 6.07) is 20.9. The summed E-state index contributed by atoms with van der Waals surface area (Å²) < 4.78 is 16.1. The number of pyridine rings is 1. The van der Waals surface area contributed by atoms with Crippen molar-refractivity contribution in [2.75, 3.05) is 10.2 Å². The van der Waals surface area contributed by atoms with Crippen LogP contribution in [0.2, 0.25) is 5.02 Å². The molecule has 1 fully saturated rings. The fourth-order valence-electron chi connectivity index (χ4n) is 4.46.